The van der Waals surface area contributed by atoms with E-state index in [-0.39, 0.29) is 6.04 Å². The Kier molecular flexibility index (Phi) is 3.35. The number of fused-ring (bicyclic) bond motifs is 1. The molecule has 0 fully saturated rings. The monoisotopic (exact) mass is 264 g/mol. The van der Waals surface area contributed by atoms with Gasteiger partial charge in [0, 0.05) is 11.6 Å². The molecule has 1 unspecified atom stereocenters. The summed E-state index contributed by atoms with van der Waals surface area (Å²) in [6.07, 6.45) is 1.81. The lowest BCUT2D eigenvalue weighted by atomic mass is 9.96. The first-order chi connectivity index (χ1) is 9.79. The summed E-state index contributed by atoms with van der Waals surface area (Å²) in [6, 6.07) is 17.7. The van der Waals surface area contributed by atoms with Crippen LogP contribution in [-0.2, 0) is 0 Å². The predicted molar refractivity (Wildman–Crippen MR) is 80.8 cm³/mol. The Morgan fingerprint density at radius 1 is 1.00 bits per heavy atom. The molecule has 0 amide bonds. The second kappa shape index (κ2) is 5.31. The minimum absolute atomic E-state index is 0.172. The molecule has 3 rings (SSSR count). The van der Waals surface area contributed by atoms with Crippen molar-refractivity contribution in [2.24, 2.45) is 5.73 Å². The van der Waals surface area contributed by atoms with Gasteiger partial charge in [0.25, 0.3) is 0 Å². The normalized spacial score (nSPS) is 12.3. The highest BCUT2D eigenvalue weighted by molar-refractivity contribution is 5.82. The zero-order chi connectivity index (χ0) is 13.9. The number of para-hydroxylation sites is 1. The maximum absolute atomic E-state index is 6.41. The predicted octanol–water partition coefficient (Wildman–Crippen LogP) is 3.29. The summed E-state index contributed by atoms with van der Waals surface area (Å²) in [5, 5.41) is 1.10. The average molecular weight is 264 g/mol. The Labute approximate surface area is 118 Å². The van der Waals surface area contributed by atoms with E-state index in [0.717, 1.165) is 27.8 Å². The van der Waals surface area contributed by atoms with Crippen molar-refractivity contribution in [3.63, 3.8) is 0 Å². The molecular formula is C17H16N2O. The highest BCUT2D eigenvalue weighted by Crippen LogP contribution is 2.27. The van der Waals surface area contributed by atoms with E-state index in [1.165, 1.54) is 0 Å². The van der Waals surface area contributed by atoms with Crippen LogP contribution in [0.15, 0.2) is 60.8 Å². The number of hydrogen-bond donors (Lipinski definition) is 1. The lowest BCUT2D eigenvalue weighted by molar-refractivity contribution is 0.414. The fourth-order valence-electron chi connectivity index (χ4n) is 2.38. The lowest BCUT2D eigenvalue weighted by Gasteiger charge is -2.15. The van der Waals surface area contributed by atoms with Gasteiger partial charge in [0.2, 0.25) is 0 Å². The molecule has 1 aromatic heterocycles. The van der Waals surface area contributed by atoms with Crippen molar-refractivity contribution in [3.8, 4) is 5.75 Å². The van der Waals surface area contributed by atoms with E-state index in [0.29, 0.717) is 0 Å². The van der Waals surface area contributed by atoms with Gasteiger partial charge < -0.3 is 10.5 Å². The molecule has 20 heavy (non-hydrogen) atoms. The van der Waals surface area contributed by atoms with Gasteiger partial charge >= 0.3 is 0 Å². The number of methoxy groups -OCH3 is 1. The van der Waals surface area contributed by atoms with Crippen molar-refractivity contribution in [1.29, 1.82) is 0 Å². The molecule has 0 aliphatic heterocycles. The van der Waals surface area contributed by atoms with Crippen LogP contribution in [0.1, 0.15) is 17.2 Å². The molecule has 0 bridgehead atoms. The van der Waals surface area contributed by atoms with Crippen LogP contribution in [0.2, 0.25) is 0 Å². The third kappa shape index (κ3) is 2.24. The summed E-state index contributed by atoms with van der Waals surface area (Å²) in [4.78, 5) is 4.37. The molecule has 100 valence electrons. The van der Waals surface area contributed by atoms with Gasteiger partial charge in [-0.15, -0.1) is 0 Å². The summed E-state index contributed by atoms with van der Waals surface area (Å²) in [7, 11) is 1.66. The first-order valence-electron chi connectivity index (χ1n) is 6.53. The maximum atomic E-state index is 6.41. The third-order valence-corrected chi connectivity index (χ3v) is 3.49. The van der Waals surface area contributed by atoms with Crippen LogP contribution in [0.5, 0.6) is 5.75 Å². The van der Waals surface area contributed by atoms with Gasteiger partial charge in [0.15, 0.2) is 0 Å². The second-order valence-electron chi connectivity index (χ2n) is 4.67. The van der Waals surface area contributed by atoms with E-state index in [2.05, 4.69) is 11.1 Å². The van der Waals surface area contributed by atoms with Gasteiger partial charge in [-0.3, -0.25) is 4.98 Å². The molecule has 0 aliphatic carbocycles. The van der Waals surface area contributed by atoms with E-state index in [1.807, 2.05) is 48.5 Å². The molecule has 3 heteroatoms. The molecule has 0 spiro atoms. The zero-order valence-corrected chi connectivity index (χ0v) is 11.3. The molecule has 0 radical (unpaired) electrons. The zero-order valence-electron chi connectivity index (χ0n) is 11.3. The van der Waals surface area contributed by atoms with Crippen LogP contribution in [0.4, 0.5) is 0 Å². The molecule has 1 atom stereocenters. The fourth-order valence-corrected chi connectivity index (χ4v) is 2.38. The summed E-state index contributed by atoms with van der Waals surface area (Å²) in [6.45, 7) is 0. The van der Waals surface area contributed by atoms with Crippen LogP contribution < -0.4 is 10.5 Å². The Hall–Kier alpha value is -2.39. The highest BCUT2D eigenvalue weighted by Gasteiger charge is 2.12. The molecule has 3 aromatic rings. The lowest BCUT2D eigenvalue weighted by Crippen LogP contribution is -2.12. The Morgan fingerprint density at radius 3 is 2.50 bits per heavy atom. The quantitative estimate of drug-likeness (QED) is 0.789. The van der Waals surface area contributed by atoms with Crippen molar-refractivity contribution in [1.82, 2.24) is 4.98 Å². The van der Waals surface area contributed by atoms with Gasteiger partial charge in [0.05, 0.1) is 18.7 Å². The number of aromatic nitrogens is 1. The van der Waals surface area contributed by atoms with Gasteiger partial charge in [-0.05, 0) is 35.4 Å². The summed E-state index contributed by atoms with van der Waals surface area (Å²) < 4.78 is 5.17. The van der Waals surface area contributed by atoms with Gasteiger partial charge in [-0.2, -0.15) is 0 Å². The van der Waals surface area contributed by atoms with Crippen molar-refractivity contribution >= 4 is 10.9 Å². The largest absolute Gasteiger partial charge is 0.497 e. The fraction of sp³-hybridized carbons (Fsp3) is 0.118. The molecule has 2 N–H and O–H groups in total. The standard InChI is InChI=1S/C17H16N2O/c1-20-13-8-6-12(7-9-13)17(18)15-10-11-19-16-5-3-2-4-14(15)16/h2-11,17H,18H2,1H3. The van der Waals surface area contributed by atoms with Crippen molar-refractivity contribution in [2.45, 2.75) is 6.04 Å². The summed E-state index contributed by atoms with van der Waals surface area (Å²) >= 11 is 0. The van der Waals surface area contributed by atoms with Gasteiger partial charge in [0.1, 0.15) is 5.75 Å². The molecule has 3 nitrogen and oxygen atoms in total. The van der Waals surface area contributed by atoms with E-state index in [4.69, 9.17) is 10.5 Å². The van der Waals surface area contributed by atoms with Crippen LogP contribution in [-0.4, -0.2) is 12.1 Å². The average Bonchev–Trinajstić information content (AvgIpc) is 2.54. The SMILES string of the molecule is COc1ccc(C(N)c2ccnc3ccccc23)cc1. The number of nitrogens with two attached hydrogens (primary N) is 1. The molecule has 0 saturated carbocycles. The minimum Gasteiger partial charge on any atom is -0.497 e. The smallest absolute Gasteiger partial charge is 0.118 e. The van der Waals surface area contributed by atoms with E-state index in [9.17, 15) is 0 Å². The molecule has 0 aliphatic rings. The van der Waals surface area contributed by atoms with Crippen LogP contribution in [0.25, 0.3) is 10.9 Å². The number of ether oxygens (including phenoxy) is 1. The van der Waals surface area contributed by atoms with Gasteiger partial charge in [-0.1, -0.05) is 30.3 Å². The summed E-state index contributed by atoms with van der Waals surface area (Å²) in [5.74, 6) is 0.834. The second-order valence-corrected chi connectivity index (χ2v) is 4.67. The Morgan fingerprint density at radius 2 is 1.75 bits per heavy atom. The number of nitrogens with zero attached hydrogens (tertiary/aromatic N) is 1. The first-order valence-corrected chi connectivity index (χ1v) is 6.53. The van der Waals surface area contributed by atoms with Crippen molar-refractivity contribution in [3.05, 3.63) is 71.9 Å². The number of benzene rings is 2. The van der Waals surface area contributed by atoms with E-state index >= 15 is 0 Å². The maximum Gasteiger partial charge on any atom is 0.118 e. The Balaban J connectivity index is 2.05. The van der Waals surface area contributed by atoms with E-state index < -0.39 is 0 Å². The third-order valence-electron chi connectivity index (χ3n) is 3.49. The first kappa shape index (κ1) is 12.6. The van der Waals surface area contributed by atoms with Crippen molar-refractivity contribution < 1.29 is 4.74 Å². The molecular weight excluding hydrogens is 248 g/mol. The van der Waals surface area contributed by atoms with Crippen LogP contribution in [0, 0.1) is 0 Å². The summed E-state index contributed by atoms with van der Waals surface area (Å²) in [5.41, 5.74) is 9.51. The highest BCUT2D eigenvalue weighted by atomic mass is 16.5. The topological polar surface area (TPSA) is 48.1 Å². The van der Waals surface area contributed by atoms with E-state index in [1.54, 1.807) is 13.3 Å². The Bertz CT molecular complexity index is 717. The number of hydrogen-bond acceptors (Lipinski definition) is 3. The van der Waals surface area contributed by atoms with Crippen molar-refractivity contribution in [2.75, 3.05) is 7.11 Å². The van der Waals surface area contributed by atoms with Crippen LogP contribution >= 0.6 is 0 Å². The number of rotatable bonds is 3. The number of pyridine rings is 1. The van der Waals surface area contributed by atoms with Crippen LogP contribution in [0.3, 0.4) is 0 Å². The van der Waals surface area contributed by atoms with Gasteiger partial charge in [-0.25, -0.2) is 0 Å². The molecule has 0 saturated heterocycles. The molecule has 1 heterocycles. The minimum atomic E-state index is -0.172. The molecule has 2 aromatic carbocycles.